The Morgan fingerprint density at radius 1 is 0.982 bits per heavy atom. The van der Waals surface area contributed by atoms with Gasteiger partial charge in [0.15, 0.2) is 5.82 Å². The highest BCUT2D eigenvalue weighted by molar-refractivity contribution is 7.90. The lowest BCUT2D eigenvalue weighted by atomic mass is 9.88. The first kappa shape index (κ1) is 38.1. The lowest BCUT2D eigenvalue weighted by Gasteiger charge is -2.34. The number of likely N-dealkylation sites (tertiary alicyclic amines) is 1. The number of benzene rings is 3. The Labute approximate surface area is 330 Å². The summed E-state index contributed by atoms with van der Waals surface area (Å²) in [5.74, 6) is -2.26. The van der Waals surface area contributed by atoms with Crippen LogP contribution in [0.4, 0.5) is 26.1 Å². The van der Waals surface area contributed by atoms with Crippen LogP contribution in [0.3, 0.4) is 0 Å². The highest BCUT2D eigenvalue weighted by Crippen LogP contribution is 2.33. The summed E-state index contributed by atoms with van der Waals surface area (Å²) in [6, 6.07) is 18.4. The Morgan fingerprint density at radius 2 is 1.72 bits per heavy atom. The Hall–Kier alpha value is -5.77. The number of nitrogen functional groups attached to an aromatic ring is 1. The van der Waals surface area contributed by atoms with E-state index in [0.29, 0.717) is 40.6 Å². The Balaban J connectivity index is 0.954. The number of nitrogens with zero attached hydrogens (tertiary/aromatic N) is 6. The average molecular weight is 792 g/mol. The number of nitrogens with two attached hydrogens (primary N) is 1. The number of hydrogen-bond acceptors (Lipinski definition) is 9. The van der Waals surface area contributed by atoms with Gasteiger partial charge in [-0.25, -0.2) is 23.7 Å². The number of halogens is 2. The van der Waals surface area contributed by atoms with E-state index in [1.54, 1.807) is 31.6 Å². The highest BCUT2D eigenvalue weighted by atomic mass is 32.2. The molecule has 4 N–H and O–H groups in total. The molecule has 2 aliphatic heterocycles. The lowest BCUT2D eigenvalue weighted by molar-refractivity contribution is 0.103. The van der Waals surface area contributed by atoms with Gasteiger partial charge in [0.05, 0.1) is 11.3 Å². The number of aromatic nitrogens is 4. The highest BCUT2D eigenvalue weighted by Gasteiger charge is 2.28. The van der Waals surface area contributed by atoms with E-state index in [1.807, 2.05) is 12.1 Å². The molecule has 2 aliphatic rings. The van der Waals surface area contributed by atoms with Gasteiger partial charge in [-0.2, -0.15) is 12.7 Å². The number of fused-ring (bicyclic) bond motifs is 2. The molecule has 3 aromatic carbocycles. The lowest BCUT2D eigenvalue weighted by Crippen LogP contribution is -2.35. The molecule has 57 heavy (non-hydrogen) atoms. The van der Waals surface area contributed by atoms with Crippen LogP contribution < -0.4 is 15.4 Å². The molecule has 0 radical (unpaired) electrons. The van der Waals surface area contributed by atoms with Crippen molar-refractivity contribution in [3.63, 3.8) is 0 Å². The van der Waals surface area contributed by atoms with Crippen molar-refractivity contribution in [3.8, 4) is 11.1 Å². The minimum absolute atomic E-state index is 0.0330. The van der Waals surface area contributed by atoms with E-state index in [-0.39, 0.29) is 12.1 Å². The smallest absolute Gasteiger partial charge is 0.301 e. The van der Waals surface area contributed by atoms with Crippen molar-refractivity contribution in [2.45, 2.75) is 45.2 Å². The quantitative estimate of drug-likeness (QED) is 0.0966. The zero-order valence-electron chi connectivity index (χ0n) is 31.7. The summed E-state index contributed by atoms with van der Waals surface area (Å²) in [4.78, 5) is 35.1. The first-order valence-corrected chi connectivity index (χ1v) is 20.4. The van der Waals surface area contributed by atoms with Crippen LogP contribution >= 0.6 is 0 Å². The molecule has 1 saturated heterocycles. The third-order valence-electron chi connectivity index (χ3n) is 11.2. The van der Waals surface area contributed by atoms with Gasteiger partial charge in [0.1, 0.15) is 11.5 Å². The average Bonchev–Trinajstić information content (AvgIpc) is 3.66. The van der Waals surface area contributed by atoms with E-state index in [2.05, 4.69) is 54.8 Å². The molecule has 15 heteroatoms. The predicted octanol–water partition coefficient (Wildman–Crippen LogP) is 6.66. The fraction of sp³-hybridized carbons (Fsp3) is 0.286. The third kappa shape index (κ3) is 7.69. The normalized spacial score (nSPS) is 15.3. The summed E-state index contributed by atoms with van der Waals surface area (Å²) in [7, 11) is -2.82. The minimum Gasteiger partial charge on any atom is -0.399 e. The van der Waals surface area contributed by atoms with Gasteiger partial charge < -0.3 is 15.6 Å². The summed E-state index contributed by atoms with van der Waals surface area (Å²) >= 11 is 0. The number of pyridine rings is 1. The van der Waals surface area contributed by atoms with Crippen molar-refractivity contribution >= 4 is 44.3 Å². The number of carbonyl (C=O) groups excluding carboxylic acids is 1. The molecule has 0 amide bonds. The summed E-state index contributed by atoms with van der Waals surface area (Å²) < 4.78 is 58.8. The van der Waals surface area contributed by atoms with Gasteiger partial charge >= 0.3 is 10.2 Å². The Kier molecular flexibility index (Phi) is 10.5. The first-order valence-electron chi connectivity index (χ1n) is 19.0. The van der Waals surface area contributed by atoms with Crippen LogP contribution in [0.1, 0.15) is 63.9 Å². The fourth-order valence-corrected chi connectivity index (χ4v) is 8.72. The Bertz CT molecular complexity index is 2560. The zero-order valence-corrected chi connectivity index (χ0v) is 32.5. The summed E-state index contributed by atoms with van der Waals surface area (Å²) in [5.41, 5.74) is 12.2. The molecule has 5 heterocycles. The maximum atomic E-state index is 15.6. The van der Waals surface area contributed by atoms with Gasteiger partial charge in [-0.05, 0) is 90.9 Å². The van der Waals surface area contributed by atoms with Crippen LogP contribution in [-0.4, -0.2) is 76.6 Å². The molecule has 0 unspecified atom stereocenters. The third-order valence-corrected chi connectivity index (χ3v) is 12.8. The second-order valence-electron chi connectivity index (χ2n) is 14.7. The van der Waals surface area contributed by atoms with E-state index >= 15 is 8.78 Å². The molecule has 0 saturated carbocycles. The van der Waals surface area contributed by atoms with Gasteiger partial charge in [-0.15, -0.1) is 0 Å². The van der Waals surface area contributed by atoms with E-state index in [0.717, 1.165) is 67.6 Å². The van der Waals surface area contributed by atoms with Crippen LogP contribution in [0.5, 0.6) is 0 Å². The van der Waals surface area contributed by atoms with Crippen LogP contribution in [0.15, 0.2) is 85.5 Å². The molecule has 294 valence electrons. The Morgan fingerprint density at radius 3 is 2.46 bits per heavy atom. The number of ketones is 1. The number of H-pyrrole nitrogens is 1. The number of nitrogens with one attached hydrogen (secondary N) is 2. The molecule has 0 atom stereocenters. The molecular weight excluding hydrogens is 749 g/mol. The largest absolute Gasteiger partial charge is 0.399 e. The van der Waals surface area contributed by atoms with Crippen LogP contribution in [0.2, 0.25) is 0 Å². The number of carbonyl (C=O) groups is 1. The molecule has 1 fully saturated rings. The molecular formula is C42H43F2N9O3S. The van der Waals surface area contributed by atoms with E-state index < -0.39 is 38.9 Å². The minimum atomic E-state index is -4.13. The number of anilines is 3. The first-order chi connectivity index (χ1) is 27.5. The second-order valence-corrected chi connectivity index (χ2v) is 16.4. The number of aromatic amines is 1. The van der Waals surface area contributed by atoms with Crippen molar-refractivity contribution < 1.29 is 22.0 Å². The standard InChI is InChI=1S/C42H43F2N9O3S/c1-3-51(2)57(55,56)50-37-12-11-36(43)38(39(37)44)40(54)35-23-47-41-34(35)19-30(20-46-41)31-21-48-42(49-22-31)53-18-15-33-28(5-4-6-29(33)25-53)24-52-16-13-27(14-17-52)26-7-9-32(45)10-8-26/h4-12,19-23,27,50H,3,13-18,24-25,45H2,1-2H3,(H,46,47). The van der Waals surface area contributed by atoms with Crippen LogP contribution in [0, 0.1) is 11.6 Å². The van der Waals surface area contributed by atoms with E-state index in [4.69, 9.17) is 15.7 Å². The van der Waals surface area contributed by atoms with Crippen molar-refractivity contribution in [1.82, 2.24) is 29.1 Å². The summed E-state index contributed by atoms with van der Waals surface area (Å²) in [6.45, 7) is 6.24. The fourth-order valence-electron chi connectivity index (χ4n) is 7.78. The molecule has 8 rings (SSSR count). The van der Waals surface area contributed by atoms with E-state index in [1.165, 1.54) is 35.5 Å². The molecule has 0 aliphatic carbocycles. The number of piperidine rings is 1. The van der Waals surface area contributed by atoms with Crippen molar-refractivity contribution in [1.29, 1.82) is 0 Å². The SMILES string of the molecule is CCN(C)S(=O)(=O)Nc1ccc(F)c(C(=O)c2c[nH]c3ncc(-c4cnc(N5CCc6c(CN7CCC(c8ccc(N)cc8)CC7)cccc6C5)nc4)cc23)c1F. The van der Waals surface area contributed by atoms with E-state index in [9.17, 15) is 13.2 Å². The second kappa shape index (κ2) is 15.6. The van der Waals surface area contributed by atoms with Crippen LogP contribution in [0.25, 0.3) is 22.2 Å². The predicted molar refractivity (Wildman–Crippen MR) is 217 cm³/mol. The topological polar surface area (TPSA) is 153 Å². The molecule has 0 spiro atoms. The monoisotopic (exact) mass is 791 g/mol. The van der Waals surface area contributed by atoms with Gasteiger partial charge in [-0.3, -0.25) is 14.4 Å². The van der Waals surface area contributed by atoms with Gasteiger partial charge in [0.2, 0.25) is 11.7 Å². The summed E-state index contributed by atoms with van der Waals surface area (Å²) in [5, 5.41) is 0.326. The number of hydrogen-bond donors (Lipinski definition) is 3. The van der Waals surface area contributed by atoms with Gasteiger partial charge in [-0.1, -0.05) is 37.3 Å². The maximum Gasteiger partial charge on any atom is 0.301 e. The maximum absolute atomic E-state index is 15.6. The molecule has 3 aromatic heterocycles. The molecule has 6 aromatic rings. The molecule has 0 bridgehead atoms. The van der Waals surface area contributed by atoms with Gasteiger partial charge in [0, 0.05) is 85.8 Å². The van der Waals surface area contributed by atoms with Gasteiger partial charge in [0.25, 0.3) is 0 Å². The number of rotatable bonds is 11. The van der Waals surface area contributed by atoms with Crippen molar-refractivity contribution in [2.75, 3.05) is 48.6 Å². The van der Waals surface area contributed by atoms with Crippen LogP contribution in [-0.2, 0) is 29.7 Å². The van der Waals surface area contributed by atoms with Crippen molar-refractivity contribution in [2.24, 2.45) is 0 Å². The van der Waals surface area contributed by atoms with Crippen molar-refractivity contribution in [3.05, 3.63) is 130 Å². The zero-order chi connectivity index (χ0) is 39.8. The molecule has 12 nitrogen and oxygen atoms in total. The summed E-state index contributed by atoms with van der Waals surface area (Å²) in [6.07, 6.45) is 9.47.